The third kappa shape index (κ3) is 1.73. The molecule has 0 saturated heterocycles. The summed E-state index contributed by atoms with van der Waals surface area (Å²) in [5, 5.41) is 0.471. The van der Waals surface area contributed by atoms with Crippen molar-refractivity contribution in [3.8, 4) is 0 Å². The summed E-state index contributed by atoms with van der Waals surface area (Å²) in [7, 11) is 1.62. The fourth-order valence-corrected chi connectivity index (χ4v) is 2.49. The van der Waals surface area contributed by atoms with Crippen molar-refractivity contribution in [3.63, 3.8) is 0 Å². The van der Waals surface area contributed by atoms with Crippen LogP contribution in [0.5, 0.6) is 0 Å². The summed E-state index contributed by atoms with van der Waals surface area (Å²) in [6, 6.07) is 5.22. The van der Waals surface area contributed by atoms with Crippen LogP contribution in [0.4, 0.5) is 0 Å². The van der Waals surface area contributed by atoms with E-state index in [1.54, 1.807) is 32.2 Å². The van der Waals surface area contributed by atoms with E-state index in [0.29, 0.717) is 15.4 Å². The lowest BCUT2D eigenvalue weighted by Gasteiger charge is -2.13. The van der Waals surface area contributed by atoms with E-state index in [0.717, 1.165) is 4.57 Å². The molecule has 1 unspecified atom stereocenters. The van der Waals surface area contributed by atoms with Gasteiger partial charge in [-0.2, -0.15) is 0 Å². The van der Waals surface area contributed by atoms with Crippen LogP contribution in [-0.2, 0) is 7.05 Å². The van der Waals surface area contributed by atoms with Crippen molar-refractivity contribution in [1.82, 2.24) is 9.13 Å². The number of hydrogen-bond acceptors (Lipinski definition) is 3. The van der Waals surface area contributed by atoms with Crippen molar-refractivity contribution in [3.05, 3.63) is 43.5 Å². The van der Waals surface area contributed by atoms with Gasteiger partial charge in [0, 0.05) is 11.5 Å². The molecule has 1 atom stereocenters. The number of nitrogens with zero attached hydrogens (tertiary/aromatic N) is 2. The quantitative estimate of drug-likeness (QED) is 0.852. The Morgan fingerprint density at radius 3 is 2.59 bits per heavy atom. The van der Waals surface area contributed by atoms with Crippen LogP contribution in [0, 0.1) is 0 Å². The fraction of sp³-hybridized carbons (Fsp3) is 0.273. The lowest BCUT2D eigenvalue weighted by Crippen LogP contribution is -2.43. The second kappa shape index (κ2) is 4.12. The number of fused-ring (bicyclic) bond motifs is 1. The molecule has 5 nitrogen and oxygen atoms in total. The molecule has 90 valence electrons. The number of rotatable bonds is 1. The van der Waals surface area contributed by atoms with Gasteiger partial charge in [-0.1, -0.05) is 6.07 Å². The Kier molecular flexibility index (Phi) is 2.92. The summed E-state index contributed by atoms with van der Waals surface area (Å²) in [6.07, 6.45) is -0.649. The topological polar surface area (TPSA) is 70.0 Å². The molecule has 1 aromatic carbocycles. The molecule has 0 spiro atoms. The molecule has 0 fully saturated rings. The van der Waals surface area contributed by atoms with Gasteiger partial charge in [0.2, 0.25) is 0 Å². The van der Waals surface area contributed by atoms with Crippen molar-refractivity contribution >= 4 is 26.8 Å². The van der Waals surface area contributed by atoms with Crippen LogP contribution in [0.2, 0.25) is 0 Å². The van der Waals surface area contributed by atoms with Crippen molar-refractivity contribution in [1.29, 1.82) is 0 Å². The van der Waals surface area contributed by atoms with Crippen molar-refractivity contribution < 1.29 is 0 Å². The van der Waals surface area contributed by atoms with E-state index < -0.39 is 11.9 Å². The highest BCUT2D eigenvalue weighted by atomic mass is 79.9. The molecule has 0 aliphatic carbocycles. The lowest BCUT2D eigenvalue weighted by molar-refractivity contribution is 0.511. The predicted molar refractivity (Wildman–Crippen MR) is 70.0 cm³/mol. The van der Waals surface area contributed by atoms with Crippen molar-refractivity contribution in [2.45, 2.75) is 13.1 Å². The molecule has 2 rings (SSSR count). The number of halogens is 1. The summed E-state index contributed by atoms with van der Waals surface area (Å²) in [5.74, 6) is 0. The molecule has 6 heteroatoms. The molecular weight excluding hydrogens is 286 g/mol. The number of benzene rings is 1. The number of aryl methyl sites for hydroxylation is 1. The van der Waals surface area contributed by atoms with Crippen LogP contribution in [0.25, 0.3) is 10.9 Å². The molecule has 0 aliphatic heterocycles. The van der Waals surface area contributed by atoms with Gasteiger partial charge in [-0.3, -0.25) is 9.36 Å². The zero-order valence-corrected chi connectivity index (χ0v) is 11.1. The van der Waals surface area contributed by atoms with Gasteiger partial charge in [-0.15, -0.1) is 0 Å². The standard InChI is InChI=1S/C11H12BrN3O2/c1-6(13)15-10(16)7-4-3-5-8(12)9(7)14(2)11(15)17/h3-6H,13H2,1-2H3. The molecular formula is C11H12BrN3O2. The second-order valence-corrected chi connectivity index (χ2v) is 4.75. The highest BCUT2D eigenvalue weighted by Crippen LogP contribution is 2.19. The first-order chi connectivity index (χ1) is 7.95. The minimum Gasteiger partial charge on any atom is -0.311 e. The van der Waals surface area contributed by atoms with Gasteiger partial charge in [0.1, 0.15) is 0 Å². The summed E-state index contributed by atoms with van der Waals surface area (Å²) in [5.41, 5.74) is 5.46. The molecule has 1 heterocycles. The van der Waals surface area contributed by atoms with E-state index in [9.17, 15) is 9.59 Å². The Hall–Kier alpha value is -1.40. The maximum atomic E-state index is 12.1. The first-order valence-corrected chi connectivity index (χ1v) is 5.89. The fourth-order valence-electron chi connectivity index (χ4n) is 1.86. The van der Waals surface area contributed by atoms with Gasteiger partial charge in [-0.05, 0) is 35.0 Å². The van der Waals surface area contributed by atoms with Gasteiger partial charge in [0.25, 0.3) is 5.56 Å². The Morgan fingerprint density at radius 1 is 1.35 bits per heavy atom. The SMILES string of the molecule is CC(N)n1c(=O)c2cccc(Br)c2n(C)c1=O. The van der Waals surface area contributed by atoms with Crippen molar-refractivity contribution in [2.75, 3.05) is 0 Å². The largest absolute Gasteiger partial charge is 0.332 e. The second-order valence-electron chi connectivity index (χ2n) is 3.89. The number of para-hydroxylation sites is 1. The van der Waals surface area contributed by atoms with E-state index in [2.05, 4.69) is 15.9 Å². The van der Waals surface area contributed by atoms with Gasteiger partial charge >= 0.3 is 5.69 Å². The third-order valence-electron chi connectivity index (χ3n) is 2.67. The van der Waals surface area contributed by atoms with E-state index in [1.807, 2.05) is 0 Å². The highest BCUT2D eigenvalue weighted by molar-refractivity contribution is 9.10. The number of aromatic nitrogens is 2. The van der Waals surface area contributed by atoms with Crippen LogP contribution in [0.15, 0.2) is 32.3 Å². The van der Waals surface area contributed by atoms with Crippen LogP contribution < -0.4 is 17.0 Å². The smallest absolute Gasteiger partial charge is 0.311 e. The maximum absolute atomic E-state index is 12.1. The summed E-state index contributed by atoms with van der Waals surface area (Å²) in [6.45, 7) is 1.60. The predicted octanol–water partition coefficient (Wildman–Crippen LogP) is 0.940. The molecule has 0 aliphatic rings. The van der Waals surface area contributed by atoms with Crippen LogP contribution >= 0.6 is 15.9 Å². The van der Waals surface area contributed by atoms with Gasteiger partial charge < -0.3 is 5.73 Å². The zero-order chi connectivity index (χ0) is 12.7. The van der Waals surface area contributed by atoms with Crippen molar-refractivity contribution in [2.24, 2.45) is 12.8 Å². The Balaban J connectivity index is 3.12. The normalized spacial score (nSPS) is 12.9. The average molecular weight is 298 g/mol. The van der Waals surface area contributed by atoms with Gasteiger partial charge in [0.15, 0.2) is 0 Å². The molecule has 2 aromatic rings. The molecule has 17 heavy (non-hydrogen) atoms. The Labute approximate surface area is 106 Å². The highest BCUT2D eigenvalue weighted by Gasteiger charge is 2.14. The molecule has 2 N–H and O–H groups in total. The first-order valence-electron chi connectivity index (χ1n) is 5.10. The molecule has 0 radical (unpaired) electrons. The zero-order valence-electron chi connectivity index (χ0n) is 9.48. The molecule has 0 bridgehead atoms. The van der Waals surface area contributed by atoms with Gasteiger partial charge in [-0.25, -0.2) is 9.36 Å². The third-order valence-corrected chi connectivity index (χ3v) is 3.31. The Morgan fingerprint density at radius 2 is 2.00 bits per heavy atom. The minimum absolute atomic E-state index is 0.362. The van der Waals surface area contributed by atoms with Gasteiger partial charge in [0.05, 0.1) is 17.1 Å². The molecule has 0 amide bonds. The van der Waals surface area contributed by atoms with Crippen LogP contribution in [0.3, 0.4) is 0 Å². The Bertz CT molecular complexity index is 700. The summed E-state index contributed by atoms with van der Waals surface area (Å²) in [4.78, 5) is 24.2. The van der Waals surface area contributed by atoms with E-state index in [4.69, 9.17) is 5.73 Å². The van der Waals surface area contributed by atoms with E-state index in [-0.39, 0.29) is 5.56 Å². The molecule has 0 saturated carbocycles. The van der Waals surface area contributed by atoms with E-state index in [1.165, 1.54) is 4.57 Å². The number of hydrogen-bond donors (Lipinski definition) is 1. The lowest BCUT2D eigenvalue weighted by atomic mass is 10.2. The maximum Gasteiger partial charge on any atom is 0.332 e. The summed E-state index contributed by atoms with van der Waals surface area (Å²) >= 11 is 3.34. The minimum atomic E-state index is -0.649. The van der Waals surface area contributed by atoms with Crippen LogP contribution in [0.1, 0.15) is 13.1 Å². The van der Waals surface area contributed by atoms with E-state index >= 15 is 0 Å². The average Bonchev–Trinajstić information content (AvgIpc) is 2.25. The van der Waals surface area contributed by atoms with Crippen LogP contribution in [-0.4, -0.2) is 9.13 Å². The summed E-state index contributed by atoms with van der Waals surface area (Å²) < 4.78 is 3.18. The number of nitrogens with two attached hydrogens (primary N) is 1. The first kappa shape index (κ1) is 12.1. The monoisotopic (exact) mass is 297 g/mol. The molecule has 1 aromatic heterocycles.